The van der Waals surface area contributed by atoms with Gasteiger partial charge in [-0.2, -0.15) is 0 Å². The maximum absolute atomic E-state index is 11.3. The summed E-state index contributed by atoms with van der Waals surface area (Å²) < 4.78 is 10.7. The number of anilines is 1. The number of carbonyl (C=O) groups is 2. The number of carbonyl (C=O) groups excluding carboxylic acids is 2. The quantitative estimate of drug-likeness (QED) is 0.529. The van der Waals surface area contributed by atoms with Gasteiger partial charge >= 0.3 is 11.9 Å². The van der Waals surface area contributed by atoms with Crippen LogP contribution in [0.3, 0.4) is 0 Å². The zero-order valence-corrected chi connectivity index (χ0v) is 10.2. The first-order valence-corrected chi connectivity index (χ1v) is 5.58. The van der Waals surface area contributed by atoms with Crippen LogP contribution in [0.1, 0.15) is 19.8 Å². The Kier molecular flexibility index (Phi) is 5.62. The van der Waals surface area contributed by atoms with Crippen molar-refractivity contribution in [3.05, 3.63) is 6.33 Å². The smallest absolute Gasteiger partial charge is 0.344 e. The van der Waals surface area contributed by atoms with Gasteiger partial charge in [0.05, 0.1) is 6.61 Å². The minimum Gasteiger partial charge on any atom is -0.463 e. The fourth-order valence-electron chi connectivity index (χ4n) is 1.07. The van der Waals surface area contributed by atoms with Crippen LogP contribution < -0.4 is 5.73 Å². The highest BCUT2D eigenvalue weighted by Crippen LogP contribution is 1.93. The minimum atomic E-state index is -0.604. The number of ether oxygens (including phenoxy) is 2. The molecule has 0 aliphatic rings. The molecular weight excluding hydrogens is 240 g/mol. The largest absolute Gasteiger partial charge is 0.463 e. The van der Waals surface area contributed by atoms with E-state index in [0.717, 1.165) is 12.8 Å². The predicted octanol–water partition coefficient (Wildman–Crippen LogP) is -0.253. The monoisotopic (exact) mass is 256 g/mol. The lowest BCUT2D eigenvalue weighted by atomic mass is 10.4. The number of nitrogens with zero attached hydrogens (tertiary/aromatic N) is 3. The Morgan fingerprint density at radius 3 is 2.78 bits per heavy atom. The van der Waals surface area contributed by atoms with E-state index >= 15 is 0 Å². The zero-order valence-electron chi connectivity index (χ0n) is 10.2. The molecule has 0 fully saturated rings. The van der Waals surface area contributed by atoms with Crippen molar-refractivity contribution in [2.45, 2.75) is 26.3 Å². The highest BCUT2D eigenvalue weighted by Gasteiger charge is 2.10. The molecule has 8 heteroatoms. The number of hydrogen-bond acceptors (Lipinski definition) is 7. The SMILES string of the molecule is CCCCOC(=O)COC(=O)Cn1cnc(N)n1. The van der Waals surface area contributed by atoms with Gasteiger partial charge in [0.15, 0.2) is 6.61 Å². The van der Waals surface area contributed by atoms with Crippen molar-refractivity contribution in [1.82, 2.24) is 14.8 Å². The molecule has 0 spiro atoms. The molecule has 0 amide bonds. The molecule has 0 unspecified atom stereocenters. The second-order valence-corrected chi connectivity index (χ2v) is 3.54. The van der Waals surface area contributed by atoms with Gasteiger partial charge in [-0.3, -0.25) is 4.79 Å². The molecule has 1 aromatic heterocycles. The third-order valence-electron chi connectivity index (χ3n) is 1.96. The summed E-state index contributed by atoms with van der Waals surface area (Å²) in [5.74, 6) is -1.09. The fourth-order valence-corrected chi connectivity index (χ4v) is 1.07. The Morgan fingerprint density at radius 1 is 1.39 bits per heavy atom. The van der Waals surface area contributed by atoms with Crippen molar-refractivity contribution in [1.29, 1.82) is 0 Å². The Labute approximate surface area is 104 Å². The van der Waals surface area contributed by atoms with Crippen LogP contribution in [-0.4, -0.2) is 39.9 Å². The van der Waals surface area contributed by atoms with E-state index in [1.165, 1.54) is 11.0 Å². The number of esters is 2. The lowest BCUT2D eigenvalue weighted by molar-refractivity contribution is -0.159. The first-order chi connectivity index (χ1) is 8.61. The Bertz CT molecular complexity index is 404. The molecule has 0 radical (unpaired) electrons. The first-order valence-electron chi connectivity index (χ1n) is 5.58. The van der Waals surface area contributed by atoms with E-state index in [2.05, 4.69) is 10.1 Å². The van der Waals surface area contributed by atoms with Crippen LogP contribution in [0.4, 0.5) is 5.95 Å². The molecule has 0 aromatic carbocycles. The van der Waals surface area contributed by atoms with Gasteiger partial charge in [0.25, 0.3) is 0 Å². The third kappa shape index (κ3) is 5.28. The summed E-state index contributed by atoms with van der Waals surface area (Å²) in [6.07, 6.45) is 3.02. The van der Waals surface area contributed by atoms with E-state index < -0.39 is 18.5 Å². The van der Waals surface area contributed by atoms with Crippen LogP contribution in [0.5, 0.6) is 0 Å². The number of nitrogen functional groups attached to an aromatic ring is 1. The molecule has 0 aliphatic heterocycles. The maximum Gasteiger partial charge on any atom is 0.344 e. The second-order valence-electron chi connectivity index (χ2n) is 3.54. The van der Waals surface area contributed by atoms with E-state index in [4.69, 9.17) is 15.2 Å². The molecule has 0 atom stereocenters. The number of rotatable bonds is 7. The van der Waals surface area contributed by atoms with Crippen molar-refractivity contribution < 1.29 is 19.1 Å². The van der Waals surface area contributed by atoms with Crippen LogP contribution in [0.2, 0.25) is 0 Å². The van der Waals surface area contributed by atoms with Crippen LogP contribution in [-0.2, 0) is 25.6 Å². The van der Waals surface area contributed by atoms with Crippen molar-refractivity contribution in [3.63, 3.8) is 0 Å². The van der Waals surface area contributed by atoms with E-state index in [1.54, 1.807) is 0 Å². The average molecular weight is 256 g/mol. The van der Waals surface area contributed by atoms with Gasteiger partial charge in [-0.1, -0.05) is 13.3 Å². The molecular formula is C10H16N4O4. The van der Waals surface area contributed by atoms with Gasteiger partial charge in [-0.05, 0) is 6.42 Å². The summed E-state index contributed by atoms with van der Waals surface area (Å²) in [4.78, 5) is 26.1. The van der Waals surface area contributed by atoms with Crippen molar-refractivity contribution in [2.24, 2.45) is 0 Å². The van der Waals surface area contributed by atoms with Gasteiger partial charge in [0.2, 0.25) is 5.95 Å². The molecule has 18 heavy (non-hydrogen) atoms. The molecule has 2 N–H and O–H groups in total. The topological polar surface area (TPSA) is 109 Å². The number of aromatic nitrogens is 3. The molecule has 100 valence electrons. The minimum absolute atomic E-state index is 0.0711. The van der Waals surface area contributed by atoms with Gasteiger partial charge in [-0.25, -0.2) is 14.5 Å². The first kappa shape index (κ1) is 13.9. The lowest BCUT2D eigenvalue weighted by Gasteiger charge is -2.05. The molecule has 0 saturated carbocycles. The van der Waals surface area contributed by atoms with Crippen molar-refractivity contribution >= 4 is 17.9 Å². The van der Waals surface area contributed by atoms with Crippen molar-refractivity contribution in [3.8, 4) is 0 Å². The van der Waals surface area contributed by atoms with Crippen LogP contribution in [0.15, 0.2) is 6.33 Å². The highest BCUT2D eigenvalue weighted by molar-refractivity contribution is 5.76. The molecule has 1 heterocycles. The number of unbranched alkanes of at least 4 members (excludes halogenated alkanes) is 1. The Morgan fingerprint density at radius 2 is 2.17 bits per heavy atom. The summed E-state index contributed by atoms with van der Waals surface area (Å²) in [5.41, 5.74) is 5.28. The van der Waals surface area contributed by atoms with Gasteiger partial charge < -0.3 is 15.2 Å². The third-order valence-corrected chi connectivity index (χ3v) is 1.96. The second kappa shape index (κ2) is 7.25. The molecule has 0 saturated heterocycles. The number of hydrogen-bond donors (Lipinski definition) is 1. The van der Waals surface area contributed by atoms with Crippen LogP contribution >= 0.6 is 0 Å². The fraction of sp³-hybridized carbons (Fsp3) is 0.600. The summed E-state index contributed by atoms with van der Waals surface area (Å²) in [6, 6.07) is 0. The van der Waals surface area contributed by atoms with Gasteiger partial charge in [0, 0.05) is 0 Å². The maximum atomic E-state index is 11.3. The summed E-state index contributed by atoms with van der Waals surface area (Å²) >= 11 is 0. The lowest BCUT2D eigenvalue weighted by Crippen LogP contribution is -2.20. The van der Waals surface area contributed by atoms with Crippen LogP contribution in [0, 0.1) is 0 Å². The average Bonchev–Trinajstić information content (AvgIpc) is 2.72. The molecule has 0 bridgehead atoms. The number of nitrogens with two attached hydrogens (primary N) is 1. The van der Waals surface area contributed by atoms with E-state index in [-0.39, 0.29) is 12.5 Å². The van der Waals surface area contributed by atoms with Crippen molar-refractivity contribution in [2.75, 3.05) is 18.9 Å². The standard InChI is InChI=1S/C10H16N4O4/c1-2-3-4-17-9(16)6-18-8(15)5-14-7-12-10(11)13-14/h7H,2-6H2,1H3,(H2,11,13). The highest BCUT2D eigenvalue weighted by atomic mass is 16.6. The van der Waals surface area contributed by atoms with Gasteiger partial charge in [0.1, 0.15) is 12.9 Å². The summed E-state index contributed by atoms with van der Waals surface area (Å²) in [7, 11) is 0. The summed E-state index contributed by atoms with van der Waals surface area (Å²) in [5, 5.41) is 3.70. The summed E-state index contributed by atoms with van der Waals surface area (Å²) in [6.45, 7) is 1.78. The van der Waals surface area contributed by atoms with E-state index in [0.29, 0.717) is 6.61 Å². The normalized spacial score (nSPS) is 10.1. The molecule has 0 aliphatic carbocycles. The zero-order chi connectivity index (χ0) is 13.4. The molecule has 1 aromatic rings. The van der Waals surface area contributed by atoms with E-state index in [9.17, 15) is 9.59 Å². The predicted molar refractivity (Wildman–Crippen MR) is 61.3 cm³/mol. The molecule has 1 rings (SSSR count). The Hall–Kier alpha value is -2.12. The van der Waals surface area contributed by atoms with Crippen LogP contribution in [0.25, 0.3) is 0 Å². The van der Waals surface area contributed by atoms with E-state index in [1.807, 2.05) is 6.92 Å². The molecule has 8 nitrogen and oxygen atoms in total. The Balaban J connectivity index is 2.18. The van der Waals surface area contributed by atoms with Gasteiger partial charge in [-0.15, -0.1) is 5.10 Å².